The van der Waals surface area contributed by atoms with E-state index in [-0.39, 0.29) is 12.6 Å². The summed E-state index contributed by atoms with van der Waals surface area (Å²) in [5.41, 5.74) is 0. The molecule has 0 fully saturated rings. The molecule has 0 N–H and O–H groups in total. The molecule has 6 heteroatoms. The monoisotopic (exact) mass is 356 g/mol. The second-order valence-electron chi connectivity index (χ2n) is 5.63. The fourth-order valence-electron chi connectivity index (χ4n) is 1.45. The third-order valence-corrected chi connectivity index (χ3v) is 4.98. The fraction of sp³-hybridized carbons (Fsp3) is 0.429. The molecule has 20 heavy (non-hydrogen) atoms. The maximum absolute atomic E-state index is 11.9. The number of pyridine rings is 1. The van der Waals surface area contributed by atoms with Gasteiger partial charge in [-0.25, -0.2) is 4.98 Å². The number of anilines is 1. The quantitative estimate of drug-likeness (QED) is 0.324. The number of amides is 1. The first-order chi connectivity index (χ1) is 9.35. The molecule has 0 spiro atoms. The first kappa shape index (κ1) is 17.1. The molecular weight excluding hydrogens is 336 g/mol. The van der Waals surface area contributed by atoms with Crippen LogP contribution in [0.5, 0.6) is 0 Å². The normalized spacial score (nSPS) is 11.2. The average Bonchev–Trinajstić information content (AvgIpc) is 2.38. The van der Waals surface area contributed by atoms with Gasteiger partial charge in [0.05, 0.1) is 4.47 Å². The SMILES string of the molecule is C=CC(=O)N(COCC[Si](C)(C)C)c1ncccc1Br. The summed E-state index contributed by atoms with van der Waals surface area (Å²) < 4.78 is 6.39. The third-order valence-electron chi connectivity index (χ3n) is 2.65. The van der Waals surface area contributed by atoms with Crippen molar-refractivity contribution in [3.8, 4) is 0 Å². The van der Waals surface area contributed by atoms with E-state index in [1.54, 1.807) is 12.3 Å². The van der Waals surface area contributed by atoms with E-state index >= 15 is 0 Å². The number of aromatic nitrogens is 1. The molecule has 1 aromatic rings. The number of hydrogen-bond acceptors (Lipinski definition) is 3. The van der Waals surface area contributed by atoms with E-state index in [2.05, 4.69) is 47.1 Å². The van der Waals surface area contributed by atoms with Crippen molar-refractivity contribution in [1.29, 1.82) is 0 Å². The summed E-state index contributed by atoms with van der Waals surface area (Å²) in [5, 5.41) is 0. The van der Waals surface area contributed by atoms with E-state index in [0.29, 0.717) is 12.4 Å². The van der Waals surface area contributed by atoms with Crippen LogP contribution >= 0.6 is 15.9 Å². The van der Waals surface area contributed by atoms with E-state index in [9.17, 15) is 4.79 Å². The van der Waals surface area contributed by atoms with Crippen LogP contribution in [0.15, 0.2) is 35.5 Å². The molecule has 110 valence electrons. The highest BCUT2D eigenvalue weighted by atomic mass is 79.9. The largest absolute Gasteiger partial charge is 0.361 e. The van der Waals surface area contributed by atoms with Crippen molar-refractivity contribution < 1.29 is 9.53 Å². The van der Waals surface area contributed by atoms with Gasteiger partial charge in [-0.3, -0.25) is 9.69 Å². The van der Waals surface area contributed by atoms with Gasteiger partial charge in [-0.1, -0.05) is 26.2 Å². The minimum absolute atomic E-state index is 0.185. The second kappa shape index (κ2) is 7.71. The molecule has 0 aliphatic heterocycles. The molecule has 4 nitrogen and oxygen atoms in total. The lowest BCUT2D eigenvalue weighted by Gasteiger charge is -2.22. The predicted molar refractivity (Wildman–Crippen MR) is 88.6 cm³/mol. The zero-order chi connectivity index (χ0) is 15.2. The van der Waals surface area contributed by atoms with Gasteiger partial charge < -0.3 is 4.74 Å². The Balaban J connectivity index is 2.70. The van der Waals surface area contributed by atoms with Crippen molar-refractivity contribution in [2.75, 3.05) is 18.2 Å². The van der Waals surface area contributed by atoms with E-state index < -0.39 is 8.07 Å². The molecule has 0 bridgehead atoms. The summed E-state index contributed by atoms with van der Waals surface area (Å²) in [6.07, 6.45) is 2.91. The summed E-state index contributed by atoms with van der Waals surface area (Å²) in [6, 6.07) is 4.70. The number of rotatable bonds is 7. The molecule has 0 radical (unpaired) electrons. The van der Waals surface area contributed by atoms with Crippen molar-refractivity contribution in [3.05, 3.63) is 35.5 Å². The van der Waals surface area contributed by atoms with E-state index in [0.717, 1.165) is 10.5 Å². The van der Waals surface area contributed by atoms with Gasteiger partial charge in [-0.05, 0) is 40.2 Å². The highest BCUT2D eigenvalue weighted by molar-refractivity contribution is 9.10. The lowest BCUT2D eigenvalue weighted by atomic mass is 10.4. The van der Waals surface area contributed by atoms with Gasteiger partial charge in [-0.2, -0.15) is 0 Å². The molecule has 0 aliphatic rings. The molecule has 0 aliphatic carbocycles. The first-order valence-electron chi connectivity index (χ1n) is 6.47. The van der Waals surface area contributed by atoms with E-state index in [1.807, 2.05) is 6.07 Å². The van der Waals surface area contributed by atoms with Gasteiger partial charge in [0, 0.05) is 20.9 Å². The molecule has 0 atom stereocenters. The molecule has 1 aromatic heterocycles. The highest BCUT2D eigenvalue weighted by Gasteiger charge is 2.18. The Bertz CT molecular complexity index is 474. The van der Waals surface area contributed by atoms with Crippen LogP contribution in [0, 0.1) is 0 Å². The van der Waals surface area contributed by atoms with Crippen molar-refractivity contribution in [2.45, 2.75) is 25.7 Å². The van der Waals surface area contributed by atoms with Crippen LogP contribution in [0.1, 0.15) is 0 Å². The Morgan fingerprint density at radius 2 is 2.25 bits per heavy atom. The van der Waals surface area contributed by atoms with Crippen LogP contribution in [-0.2, 0) is 9.53 Å². The lowest BCUT2D eigenvalue weighted by molar-refractivity contribution is -0.115. The number of carbonyl (C=O) groups is 1. The van der Waals surface area contributed by atoms with Gasteiger partial charge in [0.1, 0.15) is 6.73 Å². The molecule has 0 saturated carbocycles. The van der Waals surface area contributed by atoms with Crippen molar-refractivity contribution in [1.82, 2.24) is 4.98 Å². The summed E-state index contributed by atoms with van der Waals surface area (Å²) in [7, 11) is -1.13. The van der Waals surface area contributed by atoms with E-state index in [1.165, 1.54) is 11.0 Å². The topological polar surface area (TPSA) is 42.4 Å². The van der Waals surface area contributed by atoms with Crippen molar-refractivity contribution in [3.63, 3.8) is 0 Å². The molecule has 0 saturated heterocycles. The zero-order valence-corrected chi connectivity index (χ0v) is 14.8. The van der Waals surface area contributed by atoms with Crippen LogP contribution in [-0.4, -0.2) is 32.3 Å². The predicted octanol–water partition coefficient (Wildman–Crippen LogP) is 3.68. The molecule has 0 unspecified atom stereocenters. The van der Waals surface area contributed by atoms with Gasteiger partial charge in [0.15, 0.2) is 5.82 Å². The summed E-state index contributed by atoms with van der Waals surface area (Å²) in [5.74, 6) is 0.322. The van der Waals surface area contributed by atoms with Gasteiger partial charge in [0.2, 0.25) is 0 Å². The van der Waals surface area contributed by atoms with Crippen molar-refractivity contribution >= 4 is 35.7 Å². The number of carbonyl (C=O) groups excluding carboxylic acids is 1. The van der Waals surface area contributed by atoms with E-state index in [4.69, 9.17) is 4.74 Å². The number of ether oxygens (including phenoxy) is 1. The molecule has 1 rings (SSSR count). The lowest BCUT2D eigenvalue weighted by Crippen LogP contribution is -2.33. The Hall–Kier alpha value is -0.983. The number of halogens is 1. The fourth-order valence-corrected chi connectivity index (χ4v) is 2.68. The van der Waals surface area contributed by atoms with Crippen LogP contribution in [0.25, 0.3) is 0 Å². The van der Waals surface area contributed by atoms with Gasteiger partial charge in [0.25, 0.3) is 5.91 Å². The van der Waals surface area contributed by atoms with Crippen LogP contribution in [0.3, 0.4) is 0 Å². The third kappa shape index (κ3) is 5.56. The van der Waals surface area contributed by atoms with Gasteiger partial charge in [-0.15, -0.1) is 0 Å². The highest BCUT2D eigenvalue weighted by Crippen LogP contribution is 2.23. The van der Waals surface area contributed by atoms with Crippen molar-refractivity contribution in [2.24, 2.45) is 0 Å². The molecule has 0 aromatic carbocycles. The van der Waals surface area contributed by atoms with Gasteiger partial charge >= 0.3 is 0 Å². The summed E-state index contributed by atoms with van der Waals surface area (Å²) in [4.78, 5) is 17.6. The minimum atomic E-state index is -1.13. The first-order valence-corrected chi connectivity index (χ1v) is 11.0. The zero-order valence-electron chi connectivity index (χ0n) is 12.2. The standard InChI is InChI=1S/C14H21BrN2O2Si/c1-5-13(18)17(11-19-9-10-20(2,3)4)14-12(15)7-6-8-16-14/h5-8H,1,9-11H2,2-4H3. The second-order valence-corrected chi connectivity index (χ2v) is 12.1. The Morgan fingerprint density at radius 1 is 1.55 bits per heavy atom. The Labute approximate surface area is 130 Å². The molecular formula is C14H21BrN2O2Si. The minimum Gasteiger partial charge on any atom is -0.361 e. The Morgan fingerprint density at radius 3 is 2.80 bits per heavy atom. The average molecular weight is 357 g/mol. The molecule has 1 amide bonds. The van der Waals surface area contributed by atoms with Crippen LogP contribution in [0.4, 0.5) is 5.82 Å². The smallest absolute Gasteiger partial charge is 0.253 e. The number of nitrogens with zero attached hydrogens (tertiary/aromatic N) is 2. The van der Waals surface area contributed by atoms with Crippen LogP contribution < -0.4 is 4.90 Å². The Kier molecular flexibility index (Phi) is 6.58. The maximum Gasteiger partial charge on any atom is 0.253 e. The molecule has 1 heterocycles. The maximum atomic E-state index is 11.9. The summed E-state index contributed by atoms with van der Waals surface area (Å²) >= 11 is 3.40. The summed E-state index contributed by atoms with van der Waals surface area (Å²) in [6.45, 7) is 11.2. The van der Waals surface area contributed by atoms with Crippen LogP contribution in [0.2, 0.25) is 25.7 Å². The number of hydrogen-bond donors (Lipinski definition) is 0.